The molecule has 4 rings (SSSR count). The fraction of sp³-hybridized carbons (Fsp3) is 0.0909. The molecule has 2 heterocycles. The molecule has 30 heavy (non-hydrogen) atoms. The first kappa shape index (κ1) is 19.1. The summed E-state index contributed by atoms with van der Waals surface area (Å²) >= 11 is 0. The Labute approximate surface area is 170 Å². The second-order valence-electron chi connectivity index (χ2n) is 6.45. The Morgan fingerprint density at radius 3 is 2.70 bits per heavy atom. The number of esters is 1. The fourth-order valence-electron chi connectivity index (χ4n) is 3.07. The van der Waals surface area contributed by atoms with Crippen LogP contribution in [0.3, 0.4) is 0 Å². The highest BCUT2D eigenvalue weighted by atomic mass is 16.5. The molecule has 2 N–H and O–H groups in total. The molecule has 0 bridgehead atoms. The van der Waals surface area contributed by atoms with Crippen LogP contribution in [-0.4, -0.2) is 33.1 Å². The largest absolute Gasteiger partial charge is 0.463 e. The number of anilines is 1. The molecule has 150 valence electrons. The second-order valence-corrected chi connectivity index (χ2v) is 6.45. The predicted molar refractivity (Wildman–Crippen MR) is 113 cm³/mol. The number of hydrogen-bond donors (Lipinski definition) is 2. The second kappa shape index (κ2) is 8.04. The summed E-state index contributed by atoms with van der Waals surface area (Å²) in [6.07, 6.45) is 4.39. The summed E-state index contributed by atoms with van der Waals surface area (Å²) in [6.45, 7) is 2.06. The Bertz CT molecular complexity index is 1330. The Morgan fingerprint density at radius 2 is 1.93 bits per heavy atom. The molecule has 4 aromatic rings. The third-order valence-corrected chi connectivity index (χ3v) is 4.49. The lowest BCUT2D eigenvalue weighted by atomic mass is 10.2. The third-order valence-electron chi connectivity index (χ3n) is 4.49. The molecular weight excluding hydrogens is 384 g/mol. The van der Waals surface area contributed by atoms with Crippen molar-refractivity contribution >= 4 is 40.2 Å². The van der Waals surface area contributed by atoms with E-state index in [1.165, 1.54) is 16.8 Å². The number of benzene rings is 2. The van der Waals surface area contributed by atoms with Gasteiger partial charge in [-0.1, -0.05) is 24.3 Å². The van der Waals surface area contributed by atoms with Crippen molar-refractivity contribution in [1.29, 1.82) is 0 Å². The van der Waals surface area contributed by atoms with Gasteiger partial charge in [0, 0.05) is 11.8 Å². The molecule has 0 atom stereocenters. The predicted octanol–water partition coefficient (Wildman–Crippen LogP) is 3.00. The highest BCUT2D eigenvalue weighted by Gasteiger charge is 2.16. The van der Waals surface area contributed by atoms with Gasteiger partial charge in [0.2, 0.25) is 0 Å². The number of aromatic amines is 1. The molecule has 0 saturated heterocycles. The van der Waals surface area contributed by atoms with Gasteiger partial charge in [-0.15, -0.1) is 0 Å². The number of aromatic nitrogens is 3. The molecule has 0 aliphatic carbocycles. The van der Waals surface area contributed by atoms with Crippen LogP contribution in [0.5, 0.6) is 0 Å². The van der Waals surface area contributed by atoms with Gasteiger partial charge in [0.05, 0.1) is 23.7 Å². The van der Waals surface area contributed by atoms with Gasteiger partial charge in [-0.05, 0) is 42.8 Å². The topological polar surface area (TPSA) is 106 Å². The monoisotopic (exact) mass is 402 g/mol. The van der Waals surface area contributed by atoms with Crippen molar-refractivity contribution in [3.8, 4) is 0 Å². The highest BCUT2D eigenvalue weighted by molar-refractivity contribution is 6.08. The van der Waals surface area contributed by atoms with Crippen molar-refractivity contribution in [2.75, 3.05) is 11.9 Å². The first-order valence-corrected chi connectivity index (χ1v) is 9.32. The van der Waals surface area contributed by atoms with Gasteiger partial charge < -0.3 is 15.0 Å². The SMILES string of the molecule is CCOC(=O)C=Cc1ccc(NC(=O)c2cnn3c2[nH]c(=O)c2ccccc23)cc1. The molecule has 1 amide bonds. The number of fused-ring (bicyclic) bond motifs is 3. The van der Waals surface area contributed by atoms with Crippen LogP contribution in [0.4, 0.5) is 5.69 Å². The van der Waals surface area contributed by atoms with Gasteiger partial charge in [0.25, 0.3) is 11.5 Å². The highest BCUT2D eigenvalue weighted by Crippen LogP contribution is 2.17. The molecule has 8 heteroatoms. The summed E-state index contributed by atoms with van der Waals surface area (Å²) in [5.74, 6) is -0.810. The summed E-state index contributed by atoms with van der Waals surface area (Å²) in [7, 11) is 0. The van der Waals surface area contributed by atoms with E-state index in [0.29, 0.717) is 28.8 Å². The number of carbonyl (C=O) groups excluding carboxylic acids is 2. The van der Waals surface area contributed by atoms with Gasteiger partial charge in [-0.25, -0.2) is 9.31 Å². The van der Waals surface area contributed by atoms with Crippen molar-refractivity contribution < 1.29 is 14.3 Å². The van der Waals surface area contributed by atoms with Gasteiger partial charge in [0.1, 0.15) is 11.2 Å². The average Bonchev–Trinajstić information content (AvgIpc) is 3.18. The number of nitrogens with zero attached hydrogens (tertiary/aromatic N) is 2. The van der Waals surface area contributed by atoms with E-state index in [-0.39, 0.29) is 11.1 Å². The molecule has 8 nitrogen and oxygen atoms in total. The smallest absolute Gasteiger partial charge is 0.330 e. The quantitative estimate of drug-likeness (QED) is 0.394. The van der Waals surface area contributed by atoms with Gasteiger partial charge >= 0.3 is 5.97 Å². The van der Waals surface area contributed by atoms with Crippen molar-refractivity contribution in [3.05, 3.63) is 82.3 Å². The Balaban J connectivity index is 1.56. The van der Waals surface area contributed by atoms with Gasteiger partial charge in [-0.3, -0.25) is 9.59 Å². The van der Waals surface area contributed by atoms with Gasteiger partial charge in [0.15, 0.2) is 0 Å². The maximum Gasteiger partial charge on any atom is 0.330 e. The summed E-state index contributed by atoms with van der Waals surface area (Å²) in [5, 5.41) is 7.53. The molecule has 0 spiro atoms. The Kier molecular flexibility index (Phi) is 5.13. The van der Waals surface area contributed by atoms with E-state index in [1.54, 1.807) is 61.5 Å². The van der Waals surface area contributed by atoms with Crippen molar-refractivity contribution in [2.24, 2.45) is 0 Å². The molecule has 0 fully saturated rings. The maximum absolute atomic E-state index is 12.7. The van der Waals surface area contributed by atoms with E-state index in [2.05, 4.69) is 15.4 Å². The van der Waals surface area contributed by atoms with E-state index >= 15 is 0 Å². The minimum atomic E-state index is -0.413. The van der Waals surface area contributed by atoms with Crippen LogP contribution in [0, 0.1) is 0 Å². The number of carbonyl (C=O) groups is 2. The lowest BCUT2D eigenvalue weighted by Gasteiger charge is -2.05. The van der Waals surface area contributed by atoms with E-state index < -0.39 is 11.9 Å². The first-order chi connectivity index (χ1) is 14.6. The van der Waals surface area contributed by atoms with Gasteiger partial charge in [-0.2, -0.15) is 5.10 Å². The number of amides is 1. The van der Waals surface area contributed by atoms with E-state index in [0.717, 1.165) is 5.56 Å². The van der Waals surface area contributed by atoms with Crippen LogP contribution in [0.15, 0.2) is 65.6 Å². The standard InChI is InChI=1S/C22H18N4O4/c1-2-30-19(27)12-9-14-7-10-15(11-8-14)24-22(29)17-13-23-26-18-6-4-3-5-16(18)21(28)25-20(17)26/h3-13H,2H2,1H3,(H,24,29)(H,25,28). The number of H-pyrrole nitrogens is 1. The van der Waals surface area contributed by atoms with Crippen molar-refractivity contribution in [2.45, 2.75) is 6.92 Å². The molecular formula is C22H18N4O4. The molecule has 0 radical (unpaired) electrons. The van der Waals surface area contributed by atoms with Crippen molar-refractivity contribution in [3.63, 3.8) is 0 Å². The zero-order chi connectivity index (χ0) is 21.1. The summed E-state index contributed by atoms with van der Waals surface area (Å²) < 4.78 is 6.37. The van der Waals surface area contributed by atoms with Crippen LogP contribution in [-0.2, 0) is 9.53 Å². The summed E-state index contributed by atoms with van der Waals surface area (Å²) in [4.78, 5) is 39.2. The minimum absolute atomic E-state index is 0.254. The molecule has 0 saturated carbocycles. The lowest BCUT2D eigenvalue weighted by Crippen LogP contribution is -2.15. The van der Waals surface area contributed by atoms with E-state index in [4.69, 9.17) is 4.74 Å². The number of para-hydroxylation sites is 1. The first-order valence-electron chi connectivity index (χ1n) is 9.32. The van der Waals surface area contributed by atoms with Crippen LogP contribution >= 0.6 is 0 Å². The zero-order valence-electron chi connectivity index (χ0n) is 16.1. The van der Waals surface area contributed by atoms with Crippen LogP contribution in [0.25, 0.3) is 22.6 Å². The van der Waals surface area contributed by atoms with Crippen LogP contribution < -0.4 is 10.9 Å². The fourth-order valence-corrected chi connectivity index (χ4v) is 3.07. The molecule has 0 unspecified atom stereocenters. The number of hydrogen-bond acceptors (Lipinski definition) is 5. The maximum atomic E-state index is 12.7. The zero-order valence-corrected chi connectivity index (χ0v) is 16.1. The Morgan fingerprint density at radius 1 is 1.17 bits per heavy atom. The number of nitrogens with one attached hydrogen (secondary N) is 2. The molecule has 0 aliphatic rings. The normalized spacial score (nSPS) is 11.2. The lowest BCUT2D eigenvalue weighted by molar-refractivity contribution is -0.137. The molecule has 0 aliphatic heterocycles. The minimum Gasteiger partial charge on any atom is -0.463 e. The van der Waals surface area contributed by atoms with E-state index in [1.807, 2.05) is 0 Å². The number of rotatable bonds is 5. The van der Waals surface area contributed by atoms with Crippen LogP contribution in [0.2, 0.25) is 0 Å². The average molecular weight is 402 g/mol. The third kappa shape index (κ3) is 3.70. The molecule has 2 aromatic carbocycles. The van der Waals surface area contributed by atoms with Crippen molar-refractivity contribution in [1.82, 2.24) is 14.6 Å². The van der Waals surface area contributed by atoms with Crippen LogP contribution in [0.1, 0.15) is 22.8 Å². The summed E-state index contributed by atoms with van der Waals surface area (Å²) in [5.41, 5.74) is 2.26. The number of ether oxygens (including phenoxy) is 1. The van der Waals surface area contributed by atoms with E-state index in [9.17, 15) is 14.4 Å². The molecule has 2 aromatic heterocycles. The summed E-state index contributed by atoms with van der Waals surface area (Å²) in [6, 6.07) is 14.0. The Hall–Kier alpha value is -4.20.